The molecule has 0 unspecified atom stereocenters. The average Bonchev–Trinajstić information content (AvgIpc) is 3.03. The first-order valence-corrected chi connectivity index (χ1v) is 10.5. The molecule has 0 spiro atoms. The molecule has 1 aliphatic rings. The van der Waals surface area contributed by atoms with E-state index in [9.17, 15) is 12.8 Å². The van der Waals surface area contributed by atoms with E-state index in [0.717, 1.165) is 48.2 Å². The van der Waals surface area contributed by atoms with E-state index in [1.165, 1.54) is 18.2 Å². The number of hydrogen-bond acceptors (Lipinski definition) is 3. The molecule has 0 amide bonds. The van der Waals surface area contributed by atoms with Gasteiger partial charge in [-0.3, -0.25) is 0 Å². The number of aromatic nitrogens is 2. The Hall–Kier alpha value is -2.22. The number of halogens is 2. The number of hydrogen-bond donors (Lipinski definition) is 1. The lowest BCUT2D eigenvalue weighted by Gasteiger charge is -2.13. The topological polar surface area (TPSA) is 78.0 Å². The van der Waals surface area contributed by atoms with Crippen molar-refractivity contribution in [2.24, 2.45) is 5.14 Å². The molecule has 0 fully saturated rings. The van der Waals surface area contributed by atoms with Gasteiger partial charge in [0.2, 0.25) is 10.0 Å². The first-order valence-electron chi connectivity index (χ1n) is 8.54. The molecule has 0 atom stereocenters. The molecule has 0 aliphatic heterocycles. The highest BCUT2D eigenvalue weighted by atomic mass is 35.5. The molecule has 2 N–H and O–H groups in total. The zero-order chi connectivity index (χ0) is 19.2. The largest absolute Gasteiger partial charge is 0.238 e. The molecular weight excluding hydrogens is 389 g/mol. The summed E-state index contributed by atoms with van der Waals surface area (Å²) in [5.41, 5.74) is 4.46. The fourth-order valence-electron chi connectivity index (χ4n) is 3.46. The fraction of sp³-hybridized carbons (Fsp3) is 0.211. The van der Waals surface area contributed by atoms with Gasteiger partial charge in [-0.25, -0.2) is 22.6 Å². The molecule has 27 heavy (non-hydrogen) atoms. The highest BCUT2D eigenvalue weighted by Crippen LogP contribution is 2.35. The second-order valence-corrected chi connectivity index (χ2v) is 8.53. The standard InChI is InChI=1S/C19H17ClFN3O2S/c20-16-11-12(5-10-17(16)21)19-15-3-1-2-4-18(15)23-24(19)13-6-8-14(9-7-13)27(22,25)26/h5-11H,1-4H2,(H2,22,25,26). The van der Waals surface area contributed by atoms with Gasteiger partial charge in [-0.05, 0) is 68.1 Å². The van der Waals surface area contributed by atoms with Gasteiger partial charge >= 0.3 is 0 Å². The lowest BCUT2D eigenvalue weighted by Crippen LogP contribution is -2.12. The number of benzene rings is 2. The fourth-order valence-corrected chi connectivity index (χ4v) is 4.15. The number of nitrogens with zero attached hydrogens (tertiary/aromatic N) is 2. The Morgan fingerprint density at radius 1 is 1.07 bits per heavy atom. The van der Waals surface area contributed by atoms with Gasteiger partial charge in [0.15, 0.2) is 0 Å². The lowest BCUT2D eigenvalue weighted by molar-refractivity contribution is 0.597. The lowest BCUT2D eigenvalue weighted by atomic mass is 9.93. The molecule has 8 heteroatoms. The normalized spacial score (nSPS) is 14.2. The number of fused-ring (bicyclic) bond motifs is 1. The monoisotopic (exact) mass is 405 g/mol. The van der Waals surface area contributed by atoms with Crippen LogP contribution in [0.25, 0.3) is 16.9 Å². The van der Waals surface area contributed by atoms with Gasteiger partial charge in [0.1, 0.15) is 5.82 Å². The molecule has 0 radical (unpaired) electrons. The Morgan fingerprint density at radius 3 is 2.44 bits per heavy atom. The van der Waals surface area contributed by atoms with Crippen LogP contribution in [-0.2, 0) is 22.9 Å². The molecule has 1 heterocycles. The minimum atomic E-state index is -3.77. The van der Waals surface area contributed by atoms with E-state index in [0.29, 0.717) is 5.69 Å². The molecule has 0 bridgehead atoms. The summed E-state index contributed by atoms with van der Waals surface area (Å²) in [4.78, 5) is 0.0366. The van der Waals surface area contributed by atoms with E-state index in [1.807, 2.05) is 0 Å². The van der Waals surface area contributed by atoms with Crippen LogP contribution >= 0.6 is 11.6 Å². The van der Waals surface area contributed by atoms with Crippen molar-refractivity contribution in [2.75, 3.05) is 0 Å². The van der Waals surface area contributed by atoms with Crippen LogP contribution in [0.3, 0.4) is 0 Å². The van der Waals surface area contributed by atoms with Crippen LogP contribution in [0.4, 0.5) is 4.39 Å². The van der Waals surface area contributed by atoms with Crippen molar-refractivity contribution in [3.05, 3.63) is 64.6 Å². The summed E-state index contributed by atoms with van der Waals surface area (Å²) in [5, 5.41) is 9.97. The van der Waals surface area contributed by atoms with E-state index < -0.39 is 15.8 Å². The second kappa shape index (κ2) is 6.74. The van der Waals surface area contributed by atoms with Crippen LogP contribution in [-0.4, -0.2) is 18.2 Å². The minimum Gasteiger partial charge on any atom is -0.233 e. The number of rotatable bonds is 3. The van der Waals surface area contributed by atoms with Gasteiger partial charge in [-0.2, -0.15) is 5.10 Å². The molecule has 4 rings (SSSR count). The van der Waals surface area contributed by atoms with Gasteiger partial charge in [-0.15, -0.1) is 0 Å². The summed E-state index contributed by atoms with van der Waals surface area (Å²) in [6, 6.07) is 10.8. The summed E-state index contributed by atoms with van der Waals surface area (Å²) in [6.45, 7) is 0. The highest BCUT2D eigenvalue weighted by molar-refractivity contribution is 7.89. The van der Waals surface area contributed by atoms with Crippen molar-refractivity contribution >= 4 is 21.6 Å². The maximum Gasteiger partial charge on any atom is 0.238 e. The summed E-state index contributed by atoms with van der Waals surface area (Å²) in [7, 11) is -3.77. The molecule has 3 aromatic rings. The van der Waals surface area contributed by atoms with Gasteiger partial charge in [0, 0.05) is 11.1 Å². The summed E-state index contributed by atoms with van der Waals surface area (Å²) < 4.78 is 38.4. The Bertz CT molecular complexity index is 1120. The third kappa shape index (κ3) is 3.38. The molecule has 2 aromatic carbocycles. The van der Waals surface area contributed by atoms with E-state index in [2.05, 4.69) is 0 Å². The van der Waals surface area contributed by atoms with Crippen molar-refractivity contribution in [3.8, 4) is 16.9 Å². The van der Waals surface area contributed by atoms with Crippen molar-refractivity contribution < 1.29 is 12.8 Å². The van der Waals surface area contributed by atoms with E-state index in [4.69, 9.17) is 21.8 Å². The predicted octanol–water partition coefficient (Wildman–Crippen LogP) is 3.86. The molecule has 0 saturated heterocycles. The van der Waals surface area contributed by atoms with Crippen LogP contribution in [0, 0.1) is 5.82 Å². The van der Waals surface area contributed by atoms with Crippen molar-refractivity contribution in [2.45, 2.75) is 30.6 Å². The van der Waals surface area contributed by atoms with Gasteiger partial charge in [0.05, 0.1) is 27.0 Å². The summed E-state index contributed by atoms with van der Waals surface area (Å²) in [5.74, 6) is -0.474. The van der Waals surface area contributed by atoms with Crippen molar-refractivity contribution in [3.63, 3.8) is 0 Å². The van der Waals surface area contributed by atoms with Gasteiger partial charge in [-0.1, -0.05) is 11.6 Å². The van der Waals surface area contributed by atoms with Gasteiger partial charge in [0.25, 0.3) is 0 Å². The maximum atomic E-state index is 13.6. The van der Waals surface area contributed by atoms with Crippen molar-refractivity contribution in [1.82, 2.24) is 9.78 Å². The molecule has 5 nitrogen and oxygen atoms in total. The Kier molecular flexibility index (Phi) is 4.53. The summed E-state index contributed by atoms with van der Waals surface area (Å²) >= 11 is 6.00. The van der Waals surface area contributed by atoms with Crippen LogP contribution in [0.1, 0.15) is 24.1 Å². The van der Waals surface area contributed by atoms with Crippen LogP contribution in [0.5, 0.6) is 0 Å². The third-order valence-corrected chi connectivity index (χ3v) is 5.98. The predicted molar refractivity (Wildman–Crippen MR) is 102 cm³/mol. The molecule has 0 saturated carbocycles. The van der Waals surface area contributed by atoms with E-state index in [-0.39, 0.29) is 9.92 Å². The van der Waals surface area contributed by atoms with Crippen LogP contribution in [0.15, 0.2) is 47.4 Å². The first kappa shape index (κ1) is 18.2. The average molecular weight is 406 g/mol. The molecule has 1 aromatic heterocycles. The molecule has 1 aliphatic carbocycles. The quantitative estimate of drug-likeness (QED) is 0.718. The zero-order valence-corrected chi connectivity index (χ0v) is 15.9. The number of sulfonamides is 1. The van der Waals surface area contributed by atoms with Crippen LogP contribution < -0.4 is 5.14 Å². The maximum absolute atomic E-state index is 13.6. The van der Waals surface area contributed by atoms with E-state index >= 15 is 0 Å². The second-order valence-electron chi connectivity index (χ2n) is 6.56. The van der Waals surface area contributed by atoms with Crippen LogP contribution in [0.2, 0.25) is 5.02 Å². The Labute approximate surface area is 161 Å². The Balaban J connectivity index is 1.90. The highest BCUT2D eigenvalue weighted by Gasteiger charge is 2.23. The Morgan fingerprint density at radius 2 is 1.78 bits per heavy atom. The van der Waals surface area contributed by atoms with E-state index in [1.54, 1.807) is 28.9 Å². The molecule has 140 valence electrons. The molecular formula is C19H17ClFN3O2S. The smallest absolute Gasteiger partial charge is 0.233 e. The first-order chi connectivity index (χ1) is 12.8. The minimum absolute atomic E-state index is 0.0366. The SMILES string of the molecule is NS(=O)(=O)c1ccc(-n2nc3c(c2-c2ccc(F)c(Cl)c2)CCCC3)cc1. The van der Waals surface area contributed by atoms with Crippen molar-refractivity contribution in [1.29, 1.82) is 0 Å². The number of nitrogens with two attached hydrogens (primary N) is 1. The van der Waals surface area contributed by atoms with Gasteiger partial charge < -0.3 is 0 Å². The number of aryl methyl sites for hydroxylation is 1. The number of primary sulfonamides is 1. The summed E-state index contributed by atoms with van der Waals surface area (Å²) in [6.07, 6.45) is 3.89. The zero-order valence-electron chi connectivity index (χ0n) is 14.3. The third-order valence-electron chi connectivity index (χ3n) is 4.76.